The normalized spacial score (nSPS) is 11.5. The summed E-state index contributed by atoms with van der Waals surface area (Å²) in [6.45, 7) is 12.1. The van der Waals surface area contributed by atoms with E-state index in [1.807, 2.05) is 34.6 Å². The van der Waals surface area contributed by atoms with E-state index in [1.54, 1.807) is 6.92 Å². The summed E-state index contributed by atoms with van der Waals surface area (Å²) in [5, 5.41) is 3.12. The van der Waals surface area contributed by atoms with Gasteiger partial charge in [-0.25, -0.2) is 0 Å². The van der Waals surface area contributed by atoms with E-state index >= 15 is 0 Å². The Balaban J connectivity index is 4.41. The zero-order chi connectivity index (χ0) is 14.3. The molecule has 5 heteroatoms. The van der Waals surface area contributed by atoms with Crippen LogP contribution >= 0.6 is 0 Å². The maximum absolute atomic E-state index is 12.0. The quantitative estimate of drug-likeness (QED) is 0.727. The fraction of sp³-hybridized carbons (Fsp3) is 0.846. The van der Waals surface area contributed by atoms with Gasteiger partial charge in [-0.2, -0.15) is 0 Å². The van der Waals surface area contributed by atoms with E-state index in [4.69, 9.17) is 4.74 Å². The molecule has 1 amide bonds. The number of carbonyl (C=O) groups excluding carboxylic acids is 2. The molecule has 0 rings (SSSR count). The molecule has 0 fully saturated rings. The van der Waals surface area contributed by atoms with Crippen molar-refractivity contribution in [2.75, 3.05) is 19.7 Å². The van der Waals surface area contributed by atoms with Crippen molar-refractivity contribution >= 4 is 11.9 Å². The van der Waals surface area contributed by atoms with Gasteiger partial charge < -0.3 is 15.0 Å². The van der Waals surface area contributed by atoms with Crippen LogP contribution in [0.1, 0.15) is 41.5 Å². The van der Waals surface area contributed by atoms with Gasteiger partial charge in [0, 0.05) is 11.6 Å². The number of hydrogen-bond acceptors (Lipinski definition) is 4. The van der Waals surface area contributed by atoms with Crippen molar-refractivity contribution in [1.82, 2.24) is 10.2 Å². The van der Waals surface area contributed by atoms with Gasteiger partial charge in [0.25, 0.3) is 0 Å². The Bertz CT molecular complexity index is 282. The van der Waals surface area contributed by atoms with Crippen molar-refractivity contribution in [3.8, 4) is 0 Å². The first-order chi connectivity index (χ1) is 8.17. The van der Waals surface area contributed by atoms with Crippen molar-refractivity contribution in [2.24, 2.45) is 0 Å². The van der Waals surface area contributed by atoms with E-state index in [1.165, 1.54) is 4.90 Å². The lowest BCUT2D eigenvalue weighted by atomic mass is 10.1. The van der Waals surface area contributed by atoms with E-state index in [0.717, 1.165) is 0 Å². The van der Waals surface area contributed by atoms with E-state index in [9.17, 15) is 9.59 Å². The van der Waals surface area contributed by atoms with Crippen LogP contribution in [0.25, 0.3) is 0 Å². The number of rotatable bonds is 6. The minimum atomic E-state index is -0.365. The zero-order valence-corrected chi connectivity index (χ0v) is 12.4. The van der Waals surface area contributed by atoms with Crippen LogP contribution in [0.5, 0.6) is 0 Å². The van der Waals surface area contributed by atoms with Crippen molar-refractivity contribution in [1.29, 1.82) is 0 Å². The highest BCUT2D eigenvalue weighted by molar-refractivity contribution is 5.83. The number of hydrogen-bond donors (Lipinski definition) is 1. The largest absolute Gasteiger partial charge is 0.465 e. The first-order valence-electron chi connectivity index (χ1n) is 6.37. The Morgan fingerprint density at radius 3 is 2.22 bits per heavy atom. The van der Waals surface area contributed by atoms with Crippen LogP contribution in [0.2, 0.25) is 0 Å². The first kappa shape index (κ1) is 16.9. The molecule has 106 valence electrons. The minimum absolute atomic E-state index is 0.0101. The molecule has 0 heterocycles. The molecule has 0 spiro atoms. The van der Waals surface area contributed by atoms with E-state index in [0.29, 0.717) is 6.61 Å². The highest BCUT2D eigenvalue weighted by Crippen LogP contribution is 2.02. The molecule has 0 aromatic rings. The maximum atomic E-state index is 12.0. The Morgan fingerprint density at radius 2 is 1.83 bits per heavy atom. The number of esters is 1. The minimum Gasteiger partial charge on any atom is -0.465 e. The topological polar surface area (TPSA) is 58.6 Å². The van der Waals surface area contributed by atoms with Gasteiger partial charge >= 0.3 is 5.97 Å². The molecule has 0 aromatic carbocycles. The molecule has 0 aromatic heterocycles. The molecular formula is C13H26N2O3. The SMILES string of the molecule is CCOC(=O)CN(C(=O)CNC(C)(C)C)C(C)C. The Labute approximate surface area is 110 Å². The standard InChI is InChI=1S/C13H26N2O3/c1-7-18-12(17)9-15(10(2)3)11(16)8-14-13(4,5)6/h10,14H,7-9H2,1-6H3. The van der Waals surface area contributed by atoms with Crippen molar-refractivity contribution in [3.05, 3.63) is 0 Å². The molecule has 5 nitrogen and oxygen atoms in total. The summed E-state index contributed by atoms with van der Waals surface area (Å²) >= 11 is 0. The smallest absolute Gasteiger partial charge is 0.325 e. The molecule has 0 bridgehead atoms. The third-order valence-corrected chi connectivity index (χ3v) is 2.32. The summed E-state index contributed by atoms with van der Waals surface area (Å²) in [4.78, 5) is 25.0. The molecule has 0 aliphatic rings. The molecule has 0 aliphatic carbocycles. The van der Waals surface area contributed by atoms with Gasteiger partial charge in [-0.05, 0) is 41.5 Å². The van der Waals surface area contributed by atoms with Crippen LogP contribution in [0.15, 0.2) is 0 Å². The van der Waals surface area contributed by atoms with Crippen LogP contribution < -0.4 is 5.32 Å². The zero-order valence-electron chi connectivity index (χ0n) is 12.4. The number of carbonyl (C=O) groups is 2. The molecule has 0 unspecified atom stereocenters. The summed E-state index contributed by atoms with van der Waals surface area (Å²) in [5.74, 6) is -0.455. The van der Waals surface area contributed by atoms with E-state index < -0.39 is 0 Å². The first-order valence-corrected chi connectivity index (χ1v) is 6.37. The second-order valence-electron chi connectivity index (χ2n) is 5.52. The van der Waals surface area contributed by atoms with E-state index in [2.05, 4.69) is 5.32 Å². The lowest BCUT2D eigenvalue weighted by Crippen LogP contribution is -2.48. The lowest BCUT2D eigenvalue weighted by Gasteiger charge is -2.28. The molecule has 0 atom stereocenters. The van der Waals surface area contributed by atoms with Crippen molar-refractivity contribution < 1.29 is 14.3 Å². The van der Waals surface area contributed by atoms with Crippen LogP contribution in [0.4, 0.5) is 0 Å². The molecule has 0 aliphatic heterocycles. The number of amides is 1. The van der Waals surface area contributed by atoms with Gasteiger partial charge in [0.15, 0.2) is 0 Å². The molecule has 1 N–H and O–H groups in total. The second kappa shape index (κ2) is 7.36. The number of nitrogens with zero attached hydrogens (tertiary/aromatic N) is 1. The predicted octanol–water partition coefficient (Wildman–Crippen LogP) is 1.17. The van der Waals surface area contributed by atoms with Gasteiger partial charge in [-0.3, -0.25) is 9.59 Å². The van der Waals surface area contributed by atoms with Gasteiger partial charge in [0.2, 0.25) is 5.91 Å². The lowest BCUT2D eigenvalue weighted by molar-refractivity contribution is -0.149. The maximum Gasteiger partial charge on any atom is 0.325 e. The van der Waals surface area contributed by atoms with Crippen LogP contribution in [-0.2, 0) is 14.3 Å². The molecular weight excluding hydrogens is 232 g/mol. The fourth-order valence-corrected chi connectivity index (χ4v) is 1.35. The fourth-order valence-electron chi connectivity index (χ4n) is 1.35. The van der Waals surface area contributed by atoms with Gasteiger partial charge in [0.1, 0.15) is 6.54 Å². The monoisotopic (exact) mass is 258 g/mol. The van der Waals surface area contributed by atoms with Crippen molar-refractivity contribution in [3.63, 3.8) is 0 Å². The third-order valence-electron chi connectivity index (χ3n) is 2.32. The second-order valence-corrected chi connectivity index (χ2v) is 5.52. The van der Waals surface area contributed by atoms with Crippen molar-refractivity contribution in [2.45, 2.75) is 53.1 Å². The number of ether oxygens (including phenoxy) is 1. The Hall–Kier alpha value is -1.10. The van der Waals surface area contributed by atoms with E-state index in [-0.39, 0.29) is 36.5 Å². The molecule has 0 radical (unpaired) electrons. The highest BCUT2D eigenvalue weighted by Gasteiger charge is 2.22. The third kappa shape index (κ3) is 7.27. The summed E-state index contributed by atoms with van der Waals surface area (Å²) in [6.07, 6.45) is 0. The summed E-state index contributed by atoms with van der Waals surface area (Å²) in [7, 11) is 0. The van der Waals surface area contributed by atoms with Gasteiger partial charge in [0.05, 0.1) is 13.2 Å². The Kier molecular flexibility index (Phi) is 6.91. The average Bonchev–Trinajstić information content (AvgIpc) is 2.21. The summed E-state index contributed by atoms with van der Waals surface area (Å²) in [5.41, 5.74) is -0.123. The molecule has 0 saturated carbocycles. The number of nitrogens with one attached hydrogen (secondary N) is 1. The predicted molar refractivity (Wildman–Crippen MR) is 71.2 cm³/mol. The van der Waals surface area contributed by atoms with Crippen LogP contribution in [0, 0.1) is 0 Å². The van der Waals surface area contributed by atoms with Gasteiger partial charge in [-0.15, -0.1) is 0 Å². The van der Waals surface area contributed by atoms with Crippen LogP contribution in [-0.4, -0.2) is 48.1 Å². The molecule has 0 saturated heterocycles. The average molecular weight is 258 g/mol. The Morgan fingerprint density at radius 1 is 1.28 bits per heavy atom. The van der Waals surface area contributed by atoms with Crippen LogP contribution in [0.3, 0.4) is 0 Å². The van der Waals surface area contributed by atoms with Gasteiger partial charge in [-0.1, -0.05) is 0 Å². The molecule has 18 heavy (non-hydrogen) atoms. The summed E-state index contributed by atoms with van der Waals surface area (Å²) < 4.78 is 4.86. The summed E-state index contributed by atoms with van der Waals surface area (Å²) in [6, 6.07) is -0.0244. The highest BCUT2D eigenvalue weighted by atomic mass is 16.5.